The third-order valence-corrected chi connectivity index (χ3v) is 6.29. The molecule has 2 aliphatic rings. The summed E-state index contributed by atoms with van der Waals surface area (Å²) in [6.07, 6.45) is 16.8. The average Bonchev–Trinajstić information content (AvgIpc) is 2.76. The van der Waals surface area contributed by atoms with Crippen molar-refractivity contribution in [2.45, 2.75) is 83.0 Å². The SMILES string of the molecule is CNCCCC1CCCCC1.CNc1ccc(C2CCCCC2)cc1OC=O. The van der Waals surface area contributed by atoms with Gasteiger partial charge in [0.05, 0.1) is 5.69 Å². The Morgan fingerprint density at radius 1 is 1.00 bits per heavy atom. The Bertz CT molecular complexity index is 550. The van der Waals surface area contributed by atoms with Crippen LogP contribution in [0.3, 0.4) is 0 Å². The van der Waals surface area contributed by atoms with Gasteiger partial charge in [-0.1, -0.05) is 57.4 Å². The molecule has 4 nitrogen and oxygen atoms in total. The molecule has 0 radical (unpaired) electrons. The van der Waals surface area contributed by atoms with Gasteiger partial charge in [-0.2, -0.15) is 0 Å². The first-order chi connectivity index (χ1) is 13.8. The van der Waals surface area contributed by atoms with E-state index in [1.807, 2.05) is 26.2 Å². The van der Waals surface area contributed by atoms with Crippen LogP contribution in [0.25, 0.3) is 0 Å². The molecule has 2 aliphatic carbocycles. The fraction of sp³-hybridized carbons (Fsp3) is 0.708. The van der Waals surface area contributed by atoms with E-state index in [2.05, 4.69) is 16.7 Å². The zero-order valence-corrected chi connectivity index (χ0v) is 18.0. The van der Waals surface area contributed by atoms with E-state index in [9.17, 15) is 4.79 Å². The summed E-state index contributed by atoms with van der Waals surface area (Å²) in [4.78, 5) is 10.5. The summed E-state index contributed by atoms with van der Waals surface area (Å²) in [5, 5.41) is 6.23. The first-order valence-electron chi connectivity index (χ1n) is 11.3. The first-order valence-corrected chi connectivity index (χ1v) is 11.3. The van der Waals surface area contributed by atoms with Gasteiger partial charge in [0, 0.05) is 7.05 Å². The van der Waals surface area contributed by atoms with Gasteiger partial charge in [-0.15, -0.1) is 0 Å². The molecule has 158 valence electrons. The fourth-order valence-corrected chi connectivity index (χ4v) is 4.63. The second-order valence-corrected chi connectivity index (χ2v) is 8.30. The van der Waals surface area contributed by atoms with Crippen molar-refractivity contribution in [1.82, 2.24) is 5.32 Å². The Hall–Kier alpha value is -1.55. The van der Waals surface area contributed by atoms with Gasteiger partial charge in [0.2, 0.25) is 0 Å². The number of carbonyl (C=O) groups excluding carboxylic acids is 1. The molecule has 2 N–H and O–H groups in total. The molecule has 2 saturated carbocycles. The smallest absolute Gasteiger partial charge is 0.298 e. The maximum Gasteiger partial charge on any atom is 0.298 e. The van der Waals surface area contributed by atoms with E-state index in [0.29, 0.717) is 18.1 Å². The molecule has 1 aromatic carbocycles. The Balaban J connectivity index is 0.000000221. The van der Waals surface area contributed by atoms with E-state index in [0.717, 1.165) is 11.6 Å². The first kappa shape index (κ1) is 22.7. The lowest BCUT2D eigenvalue weighted by Gasteiger charge is -2.22. The molecule has 0 atom stereocenters. The Morgan fingerprint density at radius 2 is 1.68 bits per heavy atom. The Kier molecular flexibility index (Phi) is 11.0. The van der Waals surface area contributed by atoms with Gasteiger partial charge < -0.3 is 15.4 Å². The number of nitrogens with one attached hydrogen (secondary N) is 2. The number of benzene rings is 1. The van der Waals surface area contributed by atoms with Crippen LogP contribution in [0.2, 0.25) is 0 Å². The number of carbonyl (C=O) groups is 1. The molecule has 0 spiro atoms. The summed E-state index contributed by atoms with van der Waals surface area (Å²) >= 11 is 0. The van der Waals surface area contributed by atoms with Crippen LogP contribution in [-0.4, -0.2) is 27.1 Å². The van der Waals surface area contributed by atoms with Gasteiger partial charge in [0.15, 0.2) is 5.75 Å². The van der Waals surface area contributed by atoms with Crippen LogP contribution in [0.1, 0.15) is 88.5 Å². The van der Waals surface area contributed by atoms with Crippen molar-refractivity contribution < 1.29 is 9.53 Å². The van der Waals surface area contributed by atoms with Gasteiger partial charge in [0.1, 0.15) is 0 Å². The highest BCUT2D eigenvalue weighted by atomic mass is 16.5. The quantitative estimate of drug-likeness (QED) is 0.431. The minimum absolute atomic E-state index is 0.487. The maximum absolute atomic E-state index is 10.5. The predicted octanol–water partition coefficient (Wildman–Crippen LogP) is 5.88. The highest BCUT2D eigenvalue weighted by Crippen LogP contribution is 2.36. The van der Waals surface area contributed by atoms with E-state index in [1.165, 1.54) is 89.2 Å². The van der Waals surface area contributed by atoms with Gasteiger partial charge in [0.25, 0.3) is 6.47 Å². The number of hydrogen-bond donors (Lipinski definition) is 2. The van der Waals surface area contributed by atoms with Crippen LogP contribution >= 0.6 is 0 Å². The number of hydrogen-bond acceptors (Lipinski definition) is 4. The minimum atomic E-state index is 0.487. The van der Waals surface area contributed by atoms with Crippen molar-refractivity contribution in [1.29, 1.82) is 0 Å². The lowest BCUT2D eigenvalue weighted by atomic mass is 9.84. The van der Waals surface area contributed by atoms with Crippen molar-refractivity contribution in [3.05, 3.63) is 23.8 Å². The van der Waals surface area contributed by atoms with Crippen molar-refractivity contribution in [3.8, 4) is 5.75 Å². The van der Waals surface area contributed by atoms with Gasteiger partial charge >= 0.3 is 0 Å². The molecular formula is C24H40N2O2. The summed E-state index contributed by atoms with van der Waals surface area (Å²) in [5.74, 6) is 2.33. The molecule has 0 unspecified atom stereocenters. The molecule has 0 heterocycles. The molecule has 0 amide bonds. The average molecular weight is 389 g/mol. The fourth-order valence-electron chi connectivity index (χ4n) is 4.63. The van der Waals surface area contributed by atoms with Crippen molar-refractivity contribution in [3.63, 3.8) is 0 Å². The normalized spacial score (nSPS) is 18.1. The van der Waals surface area contributed by atoms with Gasteiger partial charge in [-0.25, -0.2) is 0 Å². The van der Waals surface area contributed by atoms with Crippen molar-refractivity contribution >= 4 is 12.2 Å². The van der Waals surface area contributed by atoms with Gasteiger partial charge in [-0.3, -0.25) is 4.79 Å². The molecular weight excluding hydrogens is 348 g/mol. The van der Waals surface area contributed by atoms with Crippen LogP contribution < -0.4 is 15.4 Å². The van der Waals surface area contributed by atoms with Crippen molar-refractivity contribution in [2.24, 2.45) is 5.92 Å². The van der Waals surface area contributed by atoms with E-state index < -0.39 is 0 Å². The molecule has 2 fully saturated rings. The highest BCUT2D eigenvalue weighted by Gasteiger charge is 2.17. The third-order valence-electron chi connectivity index (χ3n) is 6.29. The Labute approximate surface area is 171 Å². The predicted molar refractivity (Wildman–Crippen MR) is 118 cm³/mol. The number of rotatable bonds is 8. The molecule has 28 heavy (non-hydrogen) atoms. The van der Waals surface area contributed by atoms with Crippen LogP contribution in [0.4, 0.5) is 5.69 Å². The molecule has 0 aromatic heterocycles. The summed E-state index contributed by atoms with van der Waals surface area (Å²) < 4.78 is 5.02. The van der Waals surface area contributed by atoms with E-state index >= 15 is 0 Å². The lowest BCUT2D eigenvalue weighted by Crippen LogP contribution is -2.11. The molecule has 0 aliphatic heterocycles. The molecule has 0 bridgehead atoms. The second kappa shape index (κ2) is 13.6. The van der Waals surface area contributed by atoms with E-state index in [-0.39, 0.29) is 0 Å². The molecule has 0 saturated heterocycles. The monoisotopic (exact) mass is 388 g/mol. The van der Waals surface area contributed by atoms with E-state index in [1.54, 1.807) is 0 Å². The van der Waals surface area contributed by atoms with Crippen LogP contribution in [0.5, 0.6) is 5.75 Å². The molecule has 3 rings (SSSR count). The zero-order valence-electron chi connectivity index (χ0n) is 18.0. The van der Waals surface area contributed by atoms with Gasteiger partial charge in [-0.05, 0) is 68.8 Å². The Morgan fingerprint density at radius 3 is 2.29 bits per heavy atom. The second-order valence-electron chi connectivity index (χ2n) is 8.30. The van der Waals surface area contributed by atoms with Crippen LogP contribution in [0.15, 0.2) is 18.2 Å². The summed E-state index contributed by atoms with van der Waals surface area (Å²) in [6.45, 7) is 1.69. The van der Waals surface area contributed by atoms with Crippen LogP contribution in [-0.2, 0) is 4.79 Å². The van der Waals surface area contributed by atoms with Crippen LogP contribution in [0, 0.1) is 5.92 Å². The standard InChI is InChI=1S/C14H19NO2.C10H21N/c1-15-13-8-7-12(9-14(13)17-10-16)11-5-3-2-4-6-11;1-11-9-5-8-10-6-3-2-4-7-10/h7-11,15H,2-6H2,1H3;10-11H,2-9H2,1H3. The third kappa shape index (κ3) is 7.83. The highest BCUT2D eigenvalue weighted by molar-refractivity contribution is 5.62. The summed E-state index contributed by atoms with van der Waals surface area (Å²) in [7, 11) is 3.87. The maximum atomic E-state index is 10.5. The topological polar surface area (TPSA) is 50.4 Å². The minimum Gasteiger partial charge on any atom is -0.427 e. The summed E-state index contributed by atoms with van der Waals surface area (Å²) in [5.41, 5.74) is 2.15. The molecule has 1 aromatic rings. The molecule has 4 heteroatoms. The zero-order chi connectivity index (χ0) is 20.0. The number of anilines is 1. The summed E-state index contributed by atoms with van der Waals surface area (Å²) in [6, 6.07) is 6.12. The largest absolute Gasteiger partial charge is 0.427 e. The van der Waals surface area contributed by atoms with E-state index in [4.69, 9.17) is 4.74 Å². The van der Waals surface area contributed by atoms with Crippen molar-refractivity contribution in [2.75, 3.05) is 26.0 Å². The lowest BCUT2D eigenvalue weighted by molar-refractivity contribution is -0.120. The number of ether oxygens (including phenoxy) is 1.